The molecular formula is C12H9BF2O. The van der Waals surface area contributed by atoms with Gasteiger partial charge in [0, 0.05) is 0 Å². The number of halogens is 2. The van der Waals surface area contributed by atoms with E-state index in [1.54, 1.807) is 0 Å². The van der Waals surface area contributed by atoms with Gasteiger partial charge in [-0.2, -0.15) is 0 Å². The molecule has 1 nitrogen and oxygen atoms in total. The van der Waals surface area contributed by atoms with Crippen molar-refractivity contribution in [3.8, 4) is 0 Å². The minimum Gasteiger partial charge on any atom is -0.443 e. The van der Waals surface area contributed by atoms with Gasteiger partial charge < -0.3 is 5.02 Å². The van der Waals surface area contributed by atoms with Crippen LogP contribution in [0.1, 0.15) is 0 Å². The van der Waals surface area contributed by atoms with Crippen LogP contribution >= 0.6 is 0 Å². The van der Waals surface area contributed by atoms with Crippen LogP contribution in [0.25, 0.3) is 0 Å². The van der Waals surface area contributed by atoms with Crippen LogP contribution in [0.4, 0.5) is 8.78 Å². The van der Waals surface area contributed by atoms with Crippen molar-refractivity contribution in [1.82, 2.24) is 0 Å². The molecule has 0 aliphatic rings. The van der Waals surface area contributed by atoms with Crippen molar-refractivity contribution < 1.29 is 13.8 Å². The Labute approximate surface area is 92.5 Å². The zero-order valence-electron chi connectivity index (χ0n) is 8.40. The fourth-order valence-corrected chi connectivity index (χ4v) is 1.48. The number of rotatable bonds is 2. The van der Waals surface area contributed by atoms with Crippen LogP contribution in [-0.2, 0) is 0 Å². The summed E-state index contributed by atoms with van der Waals surface area (Å²) >= 11 is 0. The normalized spacial score (nSPS) is 10.2. The van der Waals surface area contributed by atoms with Gasteiger partial charge in [0.15, 0.2) is 0 Å². The molecule has 0 saturated carbocycles. The molecule has 0 aliphatic heterocycles. The van der Waals surface area contributed by atoms with Crippen LogP contribution in [0.15, 0.2) is 48.5 Å². The first-order chi connectivity index (χ1) is 7.66. The molecule has 4 heteroatoms. The highest BCUT2D eigenvalue weighted by Crippen LogP contribution is 1.96. The highest BCUT2D eigenvalue weighted by molar-refractivity contribution is 6.78. The molecule has 0 heterocycles. The summed E-state index contributed by atoms with van der Waals surface area (Å²) in [5, 5.41) is 9.93. The maximum atomic E-state index is 12.7. The molecule has 0 saturated heterocycles. The second-order valence-corrected chi connectivity index (χ2v) is 3.51. The van der Waals surface area contributed by atoms with Crippen molar-refractivity contribution in [1.29, 1.82) is 0 Å². The summed E-state index contributed by atoms with van der Waals surface area (Å²) in [6.45, 7) is -0.860. The summed E-state index contributed by atoms with van der Waals surface area (Å²) in [5.41, 5.74) is 1.15. The second-order valence-electron chi connectivity index (χ2n) is 3.51. The Hall–Kier alpha value is -1.68. The Kier molecular flexibility index (Phi) is 3.01. The lowest BCUT2D eigenvalue weighted by Crippen LogP contribution is -2.42. The van der Waals surface area contributed by atoms with Crippen molar-refractivity contribution in [3.63, 3.8) is 0 Å². The zero-order chi connectivity index (χ0) is 11.5. The second kappa shape index (κ2) is 4.45. The zero-order valence-corrected chi connectivity index (χ0v) is 8.40. The molecule has 0 radical (unpaired) electrons. The molecular weight excluding hydrogens is 209 g/mol. The van der Waals surface area contributed by atoms with Gasteiger partial charge in [-0.1, -0.05) is 24.3 Å². The third-order valence-corrected chi connectivity index (χ3v) is 2.37. The fraction of sp³-hybridized carbons (Fsp3) is 0. The van der Waals surface area contributed by atoms with Crippen molar-refractivity contribution in [2.24, 2.45) is 0 Å². The predicted molar refractivity (Wildman–Crippen MR) is 60.0 cm³/mol. The summed E-state index contributed by atoms with van der Waals surface area (Å²) in [5.74, 6) is -0.704. The maximum absolute atomic E-state index is 12.7. The van der Waals surface area contributed by atoms with Gasteiger partial charge in [0.05, 0.1) is 0 Å². The molecule has 0 aromatic heterocycles. The molecule has 2 rings (SSSR count). The van der Waals surface area contributed by atoms with Gasteiger partial charge in [0.2, 0.25) is 0 Å². The van der Waals surface area contributed by atoms with Crippen LogP contribution in [-0.4, -0.2) is 11.9 Å². The molecule has 0 amide bonds. The van der Waals surface area contributed by atoms with Gasteiger partial charge in [-0.3, -0.25) is 0 Å². The summed E-state index contributed by atoms with van der Waals surface area (Å²) in [6.07, 6.45) is 0. The first-order valence-electron chi connectivity index (χ1n) is 4.86. The maximum Gasteiger partial charge on any atom is 0.358 e. The van der Waals surface area contributed by atoms with Gasteiger partial charge in [-0.05, 0) is 35.2 Å². The SMILES string of the molecule is OB(c1ccc(F)cc1)c1ccc(F)cc1. The lowest BCUT2D eigenvalue weighted by Gasteiger charge is -2.06. The van der Waals surface area contributed by atoms with E-state index in [1.165, 1.54) is 48.5 Å². The monoisotopic (exact) mass is 218 g/mol. The van der Waals surface area contributed by atoms with Crippen LogP contribution in [0.3, 0.4) is 0 Å². The van der Waals surface area contributed by atoms with Gasteiger partial charge in [-0.15, -0.1) is 0 Å². The fourth-order valence-electron chi connectivity index (χ4n) is 1.48. The summed E-state index contributed by atoms with van der Waals surface area (Å²) in [4.78, 5) is 0. The smallest absolute Gasteiger partial charge is 0.358 e. The van der Waals surface area contributed by atoms with E-state index >= 15 is 0 Å². The molecule has 16 heavy (non-hydrogen) atoms. The Morgan fingerprint density at radius 1 is 0.688 bits per heavy atom. The van der Waals surface area contributed by atoms with E-state index in [9.17, 15) is 13.8 Å². The van der Waals surface area contributed by atoms with Crippen LogP contribution in [0.2, 0.25) is 0 Å². The summed E-state index contributed by atoms with van der Waals surface area (Å²) < 4.78 is 25.3. The lowest BCUT2D eigenvalue weighted by molar-refractivity contribution is 0.599. The number of benzene rings is 2. The highest BCUT2D eigenvalue weighted by Gasteiger charge is 2.16. The minimum atomic E-state index is -0.860. The molecule has 1 N–H and O–H groups in total. The predicted octanol–water partition coefficient (Wildman–Crippen LogP) is 1.06. The van der Waals surface area contributed by atoms with Gasteiger partial charge >= 0.3 is 6.92 Å². The Bertz CT molecular complexity index is 422. The minimum absolute atomic E-state index is 0.352. The average molecular weight is 218 g/mol. The quantitative estimate of drug-likeness (QED) is 0.747. The Morgan fingerprint density at radius 3 is 1.31 bits per heavy atom. The highest BCUT2D eigenvalue weighted by atomic mass is 19.1. The molecule has 0 atom stereocenters. The van der Waals surface area contributed by atoms with E-state index in [2.05, 4.69) is 0 Å². The van der Waals surface area contributed by atoms with E-state index < -0.39 is 6.92 Å². The van der Waals surface area contributed by atoms with Crippen molar-refractivity contribution in [3.05, 3.63) is 60.2 Å². The third-order valence-electron chi connectivity index (χ3n) is 2.37. The molecule has 2 aromatic carbocycles. The standard InChI is InChI=1S/C12H9BF2O/c14-11-5-1-9(2-6-11)13(16)10-3-7-12(15)8-4-10/h1-8,16H. The van der Waals surface area contributed by atoms with Crippen molar-refractivity contribution >= 4 is 17.8 Å². The lowest BCUT2D eigenvalue weighted by atomic mass is 9.56. The van der Waals surface area contributed by atoms with Gasteiger partial charge in [-0.25, -0.2) is 8.78 Å². The largest absolute Gasteiger partial charge is 0.443 e. The first kappa shape index (κ1) is 10.8. The number of hydrogen-bond acceptors (Lipinski definition) is 1. The molecule has 2 aromatic rings. The van der Waals surface area contributed by atoms with Crippen LogP contribution in [0.5, 0.6) is 0 Å². The van der Waals surface area contributed by atoms with Crippen molar-refractivity contribution in [2.75, 3.05) is 0 Å². The number of hydrogen-bond donors (Lipinski definition) is 1. The van der Waals surface area contributed by atoms with E-state index in [0.29, 0.717) is 10.9 Å². The summed E-state index contributed by atoms with van der Waals surface area (Å²) in [6, 6.07) is 11.1. The summed E-state index contributed by atoms with van der Waals surface area (Å²) in [7, 11) is 0. The molecule has 0 bridgehead atoms. The molecule has 0 spiro atoms. The third kappa shape index (κ3) is 2.28. The van der Waals surface area contributed by atoms with Crippen LogP contribution in [0, 0.1) is 11.6 Å². The van der Waals surface area contributed by atoms with Crippen LogP contribution < -0.4 is 10.9 Å². The Balaban J connectivity index is 2.28. The first-order valence-corrected chi connectivity index (χ1v) is 4.86. The Morgan fingerprint density at radius 2 is 1.00 bits per heavy atom. The molecule has 0 fully saturated rings. The van der Waals surface area contributed by atoms with E-state index in [-0.39, 0.29) is 11.6 Å². The van der Waals surface area contributed by atoms with Crippen molar-refractivity contribution in [2.45, 2.75) is 0 Å². The molecule has 80 valence electrons. The molecule has 0 aliphatic carbocycles. The van der Waals surface area contributed by atoms with E-state index in [4.69, 9.17) is 0 Å². The topological polar surface area (TPSA) is 20.2 Å². The van der Waals surface area contributed by atoms with E-state index in [1.807, 2.05) is 0 Å². The average Bonchev–Trinajstić information content (AvgIpc) is 2.30. The van der Waals surface area contributed by atoms with E-state index in [0.717, 1.165) is 0 Å². The van der Waals surface area contributed by atoms with Gasteiger partial charge in [0.25, 0.3) is 0 Å². The van der Waals surface area contributed by atoms with Gasteiger partial charge in [0.1, 0.15) is 11.6 Å². The molecule has 0 unspecified atom stereocenters.